The molecule has 0 spiro atoms. The van der Waals surface area contributed by atoms with Crippen LogP contribution < -0.4 is 11.3 Å². The van der Waals surface area contributed by atoms with E-state index in [1.54, 1.807) is 28.5 Å². The lowest BCUT2D eigenvalue weighted by molar-refractivity contribution is 0.735. The Bertz CT molecular complexity index is 592. The molecule has 4 heteroatoms. The molecular weight excluding hydrogens is 244 g/mol. The molecule has 0 atom stereocenters. The number of benzene rings is 1. The van der Waals surface area contributed by atoms with Crippen LogP contribution in [0.15, 0.2) is 52.3 Å². The van der Waals surface area contributed by atoms with Gasteiger partial charge in [0.1, 0.15) is 0 Å². The molecule has 0 saturated heterocycles. The molecule has 1 heterocycles. The van der Waals surface area contributed by atoms with Gasteiger partial charge in [-0.1, -0.05) is 6.07 Å². The molecule has 0 saturated carbocycles. The molecular formula is C14H16N2OS. The lowest BCUT2D eigenvalue weighted by Crippen LogP contribution is -2.18. The summed E-state index contributed by atoms with van der Waals surface area (Å²) in [6.45, 7) is 2.77. The standard InChI is InChI=1S/C14H16N2OS/c1-11-10-12(15)5-6-13(11)18-9-8-16-7-3-2-4-14(16)17/h2-7,10H,8-9,15H2,1H3. The lowest BCUT2D eigenvalue weighted by Gasteiger charge is -2.07. The molecule has 1 aromatic heterocycles. The van der Waals surface area contributed by atoms with Gasteiger partial charge in [-0.05, 0) is 36.8 Å². The quantitative estimate of drug-likeness (QED) is 0.679. The summed E-state index contributed by atoms with van der Waals surface area (Å²) in [5.41, 5.74) is 7.73. The first kappa shape index (κ1) is 12.8. The van der Waals surface area contributed by atoms with Crippen LogP contribution in [0.4, 0.5) is 5.69 Å². The summed E-state index contributed by atoms with van der Waals surface area (Å²) in [5.74, 6) is 0.870. The molecule has 2 N–H and O–H groups in total. The van der Waals surface area contributed by atoms with Crippen molar-refractivity contribution in [3.63, 3.8) is 0 Å². The van der Waals surface area contributed by atoms with Gasteiger partial charge in [0.2, 0.25) is 0 Å². The fraction of sp³-hybridized carbons (Fsp3) is 0.214. The van der Waals surface area contributed by atoms with Gasteiger partial charge in [0.05, 0.1) is 0 Å². The summed E-state index contributed by atoms with van der Waals surface area (Å²) < 4.78 is 1.72. The van der Waals surface area contributed by atoms with E-state index in [4.69, 9.17) is 5.73 Å². The molecule has 0 aliphatic rings. The van der Waals surface area contributed by atoms with Gasteiger partial charge in [0.15, 0.2) is 0 Å². The van der Waals surface area contributed by atoms with Gasteiger partial charge in [-0.15, -0.1) is 11.8 Å². The summed E-state index contributed by atoms with van der Waals surface area (Å²) >= 11 is 1.74. The largest absolute Gasteiger partial charge is 0.399 e. The zero-order chi connectivity index (χ0) is 13.0. The fourth-order valence-corrected chi connectivity index (χ4v) is 2.69. The van der Waals surface area contributed by atoms with E-state index in [2.05, 4.69) is 0 Å². The van der Waals surface area contributed by atoms with Crippen LogP contribution in [0.25, 0.3) is 0 Å². The van der Waals surface area contributed by atoms with Crippen molar-refractivity contribution < 1.29 is 0 Å². The van der Waals surface area contributed by atoms with Crippen LogP contribution in [0, 0.1) is 6.92 Å². The third-order valence-electron chi connectivity index (χ3n) is 2.69. The third-order valence-corrected chi connectivity index (χ3v) is 3.84. The Kier molecular flexibility index (Phi) is 4.10. The van der Waals surface area contributed by atoms with Gasteiger partial charge in [0.25, 0.3) is 5.56 Å². The molecule has 94 valence electrons. The molecule has 0 bridgehead atoms. The molecule has 18 heavy (non-hydrogen) atoms. The van der Waals surface area contributed by atoms with Crippen LogP contribution >= 0.6 is 11.8 Å². The maximum absolute atomic E-state index is 11.5. The van der Waals surface area contributed by atoms with Crippen molar-refractivity contribution >= 4 is 17.4 Å². The van der Waals surface area contributed by atoms with Crippen molar-refractivity contribution in [1.29, 1.82) is 0 Å². The molecule has 2 rings (SSSR count). The highest BCUT2D eigenvalue weighted by atomic mass is 32.2. The second kappa shape index (κ2) is 5.78. The summed E-state index contributed by atoms with van der Waals surface area (Å²) in [6, 6.07) is 11.1. The van der Waals surface area contributed by atoms with E-state index in [1.807, 2.05) is 37.4 Å². The fourth-order valence-electron chi connectivity index (χ4n) is 1.73. The second-order valence-electron chi connectivity index (χ2n) is 4.11. The van der Waals surface area contributed by atoms with Crippen molar-refractivity contribution in [2.45, 2.75) is 18.4 Å². The maximum Gasteiger partial charge on any atom is 0.250 e. The number of rotatable bonds is 4. The normalized spacial score (nSPS) is 10.5. The minimum atomic E-state index is 0.0483. The predicted molar refractivity (Wildman–Crippen MR) is 77.0 cm³/mol. The molecule has 2 aromatic rings. The Labute approximate surface area is 111 Å². The summed E-state index contributed by atoms with van der Waals surface area (Å²) in [4.78, 5) is 12.7. The van der Waals surface area contributed by atoms with E-state index in [0.29, 0.717) is 6.54 Å². The number of pyridine rings is 1. The Morgan fingerprint density at radius 2 is 2.11 bits per heavy atom. The van der Waals surface area contributed by atoms with Crippen LogP contribution in [-0.4, -0.2) is 10.3 Å². The summed E-state index contributed by atoms with van der Waals surface area (Å²) in [6.07, 6.45) is 1.82. The lowest BCUT2D eigenvalue weighted by atomic mass is 10.2. The number of aryl methyl sites for hydroxylation is 2. The smallest absolute Gasteiger partial charge is 0.250 e. The molecule has 0 aliphatic heterocycles. The van der Waals surface area contributed by atoms with Crippen molar-refractivity contribution in [3.8, 4) is 0 Å². The van der Waals surface area contributed by atoms with Crippen LogP contribution in [0.1, 0.15) is 5.56 Å². The minimum Gasteiger partial charge on any atom is -0.399 e. The first-order valence-electron chi connectivity index (χ1n) is 5.81. The maximum atomic E-state index is 11.5. The van der Waals surface area contributed by atoms with Crippen LogP contribution in [0.5, 0.6) is 0 Å². The number of hydrogen-bond donors (Lipinski definition) is 1. The van der Waals surface area contributed by atoms with Gasteiger partial charge in [-0.3, -0.25) is 4.79 Å². The average Bonchev–Trinajstić information content (AvgIpc) is 2.34. The highest BCUT2D eigenvalue weighted by molar-refractivity contribution is 7.99. The first-order chi connectivity index (χ1) is 8.66. The van der Waals surface area contributed by atoms with Crippen molar-refractivity contribution in [3.05, 3.63) is 58.5 Å². The highest BCUT2D eigenvalue weighted by Gasteiger charge is 2.00. The first-order valence-corrected chi connectivity index (χ1v) is 6.80. The number of hydrogen-bond acceptors (Lipinski definition) is 3. The van der Waals surface area contributed by atoms with Crippen molar-refractivity contribution in [1.82, 2.24) is 4.57 Å². The van der Waals surface area contributed by atoms with Crippen molar-refractivity contribution in [2.24, 2.45) is 0 Å². The third kappa shape index (κ3) is 3.17. The molecule has 0 amide bonds. The molecule has 3 nitrogen and oxygen atoms in total. The Morgan fingerprint density at radius 3 is 2.83 bits per heavy atom. The van der Waals surface area contributed by atoms with E-state index in [1.165, 1.54) is 10.5 Å². The number of aromatic nitrogens is 1. The van der Waals surface area contributed by atoms with Crippen LogP contribution in [-0.2, 0) is 6.54 Å². The summed E-state index contributed by atoms with van der Waals surface area (Å²) in [7, 11) is 0. The van der Waals surface area contributed by atoms with E-state index < -0.39 is 0 Å². The number of nitrogen functional groups attached to an aromatic ring is 1. The van der Waals surface area contributed by atoms with Gasteiger partial charge >= 0.3 is 0 Å². The monoisotopic (exact) mass is 260 g/mol. The van der Waals surface area contributed by atoms with Crippen LogP contribution in [0.3, 0.4) is 0 Å². The minimum absolute atomic E-state index is 0.0483. The molecule has 0 aliphatic carbocycles. The second-order valence-corrected chi connectivity index (χ2v) is 5.24. The number of nitrogens with two attached hydrogens (primary N) is 1. The predicted octanol–water partition coefficient (Wildman–Crippen LogP) is 2.53. The Balaban J connectivity index is 1.97. The van der Waals surface area contributed by atoms with E-state index in [-0.39, 0.29) is 5.56 Å². The molecule has 0 radical (unpaired) electrons. The van der Waals surface area contributed by atoms with Gasteiger partial charge in [-0.25, -0.2) is 0 Å². The van der Waals surface area contributed by atoms with Gasteiger partial charge in [0, 0.05) is 35.1 Å². The van der Waals surface area contributed by atoms with Gasteiger partial charge < -0.3 is 10.3 Å². The average molecular weight is 260 g/mol. The van der Waals surface area contributed by atoms with E-state index >= 15 is 0 Å². The van der Waals surface area contributed by atoms with Gasteiger partial charge in [-0.2, -0.15) is 0 Å². The van der Waals surface area contributed by atoms with E-state index in [9.17, 15) is 4.79 Å². The molecule has 0 unspecified atom stereocenters. The number of nitrogens with zero attached hydrogens (tertiary/aromatic N) is 1. The number of anilines is 1. The van der Waals surface area contributed by atoms with Crippen molar-refractivity contribution in [2.75, 3.05) is 11.5 Å². The van der Waals surface area contributed by atoms with Crippen LogP contribution in [0.2, 0.25) is 0 Å². The highest BCUT2D eigenvalue weighted by Crippen LogP contribution is 2.23. The summed E-state index contributed by atoms with van der Waals surface area (Å²) in [5, 5.41) is 0. The topological polar surface area (TPSA) is 48.0 Å². The zero-order valence-corrected chi connectivity index (χ0v) is 11.1. The molecule has 1 aromatic carbocycles. The Hall–Kier alpha value is -1.68. The SMILES string of the molecule is Cc1cc(N)ccc1SCCn1ccccc1=O. The number of thioether (sulfide) groups is 1. The molecule has 0 fully saturated rings. The Morgan fingerprint density at radius 1 is 1.28 bits per heavy atom. The van der Waals surface area contributed by atoms with E-state index in [0.717, 1.165) is 11.4 Å². The zero-order valence-electron chi connectivity index (χ0n) is 10.3.